The largest absolute Gasteiger partial charge is 0.366 e. The highest BCUT2D eigenvalue weighted by molar-refractivity contribution is 7.92. The van der Waals surface area contributed by atoms with Crippen LogP contribution in [0, 0.1) is 13.8 Å². The molecule has 0 saturated carbocycles. The standard InChI is InChI=1S/C22H21N3O4S/c1-14-6-5-7-16(12-14)25-30(28,29)17-11-10-15(2)19(13-17)22(27)24-20-9-4-3-8-18(20)21(23)26/h3-13,25H,1-2H3,(H2,23,26)(H,24,27). The van der Waals surface area contributed by atoms with Crippen molar-refractivity contribution in [2.75, 3.05) is 10.0 Å². The van der Waals surface area contributed by atoms with Crippen LogP contribution in [0.4, 0.5) is 11.4 Å². The predicted molar refractivity (Wildman–Crippen MR) is 116 cm³/mol. The molecule has 0 radical (unpaired) electrons. The fourth-order valence-electron chi connectivity index (χ4n) is 2.93. The van der Waals surface area contributed by atoms with Crippen LogP contribution < -0.4 is 15.8 Å². The molecule has 0 heterocycles. The van der Waals surface area contributed by atoms with Gasteiger partial charge in [-0.2, -0.15) is 0 Å². The molecule has 0 aliphatic rings. The van der Waals surface area contributed by atoms with Crippen LogP contribution in [0.25, 0.3) is 0 Å². The third-order valence-corrected chi connectivity index (χ3v) is 5.85. The van der Waals surface area contributed by atoms with Crippen molar-refractivity contribution in [2.24, 2.45) is 5.73 Å². The first-order valence-electron chi connectivity index (χ1n) is 9.08. The van der Waals surface area contributed by atoms with Crippen LogP contribution >= 0.6 is 0 Å². The van der Waals surface area contributed by atoms with Gasteiger partial charge in [0.2, 0.25) is 0 Å². The first-order chi connectivity index (χ1) is 14.2. The lowest BCUT2D eigenvalue weighted by molar-refractivity contribution is 0.100. The molecule has 3 rings (SSSR count). The number of para-hydroxylation sites is 1. The molecule has 3 aromatic carbocycles. The molecule has 30 heavy (non-hydrogen) atoms. The minimum atomic E-state index is -3.90. The summed E-state index contributed by atoms with van der Waals surface area (Å²) in [6.07, 6.45) is 0. The molecule has 4 N–H and O–H groups in total. The van der Waals surface area contributed by atoms with Crippen molar-refractivity contribution in [3.8, 4) is 0 Å². The van der Waals surface area contributed by atoms with Gasteiger partial charge in [0, 0.05) is 11.3 Å². The molecular formula is C22H21N3O4S. The Bertz CT molecular complexity index is 1240. The molecule has 2 amide bonds. The monoisotopic (exact) mass is 423 g/mol. The van der Waals surface area contributed by atoms with Gasteiger partial charge >= 0.3 is 0 Å². The summed E-state index contributed by atoms with van der Waals surface area (Å²) in [4.78, 5) is 24.3. The second-order valence-corrected chi connectivity index (χ2v) is 8.50. The Labute approximate surface area is 175 Å². The van der Waals surface area contributed by atoms with Gasteiger partial charge in [0.05, 0.1) is 16.1 Å². The van der Waals surface area contributed by atoms with Gasteiger partial charge in [-0.1, -0.05) is 30.3 Å². The number of nitrogens with two attached hydrogens (primary N) is 1. The highest BCUT2D eigenvalue weighted by atomic mass is 32.2. The number of hydrogen-bond acceptors (Lipinski definition) is 4. The van der Waals surface area contributed by atoms with Crippen molar-refractivity contribution in [3.05, 3.63) is 89.0 Å². The van der Waals surface area contributed by atoms with E-state index in [9.17, 15) is 18.0 Å². The molecule has 0 aliphatic heterocycles. The normalized spacial score (nSPS) is 11.0. The van der Waals surface area contributed by atoms with Gasteiger partial charge in [-0.25, -0.2) is 8.42 Å². The van der Waals surface area contributed by atoms with Gasteiger partial charge in [0.1, 0.15) is 0 Å². The average molecular weight is 423 g/mol. The van der Waals surface area contributed by atoms with Gasteiger partial charge in [0.25, 0.3) is 21.8 Å². The van der Waals surface area contributed by atoms with E-state index in [1.807, 2.05) is 13.0 Å². The smallest absolute Gasteiger partial charge is 0.261 e. The number of sulfonamides is 1. The minimum absolute atomic E-state index is 0.0528. The number of carbonyl (C=O) groups excluding carboxylic acids is 2. The maximum atomic E-state index is 12.8. The van der Waals surface area contributed by atoms with E-state index in [1.165, 1.54) is 18.2 Å². The van der Waals surface area contributed by atoms with Crippen LogP contribution in [0.3, 0.4) is 0 Å². The quantitative estimate of drug-likeness (QED) is 0.563. The van der Waals surface area contributed by atoms with E-state index in [0.29, 0.717) is 11.3 Å². The van der Waals surface area contributed by atoms with Crippen molar-refractivity contribution in [2.45, 2.75) is 18.7 Å². The number of benzene rings is 3. The molecule has 0 spiro atoms. The Balaban J connectivity index is 1.91. The molecule has 3 aromatic rings. The molecule has 0 saturated heterocycles. The fraction of sp³-hybridized carbons (Fsp3) is 0.0909. The van der Waals surface area contributed by atoms with E-state index >= 15 is 0 Å². The second kappa shape index (κ2) is 8.38. The maximum Gasteiger partial charge on any atom is 0.261 e. The Hall–Kier alpha value is -3.65. The molecule has 7 nitrogen and oxygen atoms in total. The van der Waals surface area contributed by atoms with Crippen molar-refractivity contribution in [1.29, 1.82) is 0 Å². The Morgan fingerprint density at radius 2 is 1.60 bits per heavy atom. The highest BCUT2D eigenvalue weighted by Crippen LogP contribution is 2.22. The van der Waals surface area contributed by atoms with Crippen LogP contribution in [0.2, 0.25) is 0 Å². The van der Waals surface area contributed by atoms with Gasteiger partial charge < -0.3 is 11.1 Å². The third-order valence-electron chi connectivity index (χ3n) is 4.47. The van der Waals surface area contributed by atoms with Crippen LogP contribution in [0.1, 0.15) is 31.8 Å². The Morgan fingerprint density at radius 1 is 0.867 bits per heavy atom. The van der Waals surface area contributed by atoms with E-state index in [4.69, 9.17) is 5.73 Å². The second-order valence-electron chi connectivity index (χ2n) is 6.82. The van der Waals surface area contributed by atoms with Gasteiger partial charge in [-0.3, -0.25) is 14.3 Å². The Morgan fingerprint density at radius 3 is 2.30 bits per heavy atom. The number of aryl methyl sites for hydroxylation is 2. The molecule has 0 aliphatic carbocycles. The molecular weight excluding hydrogens is 402 g/mol. The minimum Gasteiger partial charge on any atom is -0.366 e. The van der Waals surface area contributed by atoms with Crippen molar-refractivity contribution >= 4 is 33.2 Å². The molecule has 8 heteroatoms. The van der Waals surface area contributed by atoms with Crippen LogP contribution in [-0.2, 0) is 10.0 Å². The molecule has 0 aromatic heterocycles. The number of carbonyl (C=O) groups is 2. The van der Waals surface area contributed by atoms with E-state index in [2.05, 4.69) is 10.0 Å². The number of amides is 2. The summed E-state index contributed by atoms with van der Waals surface area (Å²) in [5, 5.41) is 2.63. The van der Waals surface area contributed by atoms with Gasteiger partial charge in [-0.05, 0) is 61.4 Å². The molecule has 154 valence electrons. The first kappa shape index (κ1) is 21.1. The van der Waals surface area contributed by atoms with E-state index in [0.717, 1.165) is 5.56 Å². The maximum absolute atomic E-state index is 12.8. The number of primary amides is 1. The zero-order chi connectivity index (χ0) is 21.9. The first-order valence-corrected chi connectivity index (χ1v) is 10.6. The number of rotatable bonds is 6. The predicted octanol–water partition coefficient (Wildman–Crippen LogP) is 3.46. The average Bonchev–Trinajstić information content (AvgIpc) is 2.68. The zero-order valence-corrected chi connectivity index (χ0v) is 17.3. The lowest BCUT2D eigenvalue weighted by atomic mass is 10.1. The van der Waals surface area contributed by atoms with E-state index in [1.54, 1.807) is 49.4 Å². The highest BCUT2D eigenvalue weighted by Gasteiger charge is 2.19. The van der Waals surface area contributed by atoms with Crippen LogP contribution in [0.15, 0.2) is 71.6 Å². The molecule has 0 fully saturated rings. The Kier molecular flexibility index (Phi) is 5.89. The lowest BCUT2D eigenvalue weighted by Gasteiger charge is -2.13. The van der Waals surface area contributed by atoms with E-state index in [-0.39, 0.29) is 21.7 Å². The van der Waals surface area contributed by atoms with Gasteiger partial charge in [0.15, 0.2) is 0 Å². The van der Waals surface area contributed by atoms with Crippen molar-refractivity contribution in [1.82, 2.24) is 0 Å². The molecule has 0 unspecified atom stereocenters. The van der Waals surface area contributed by atoms with Gasteiger partial charge in [-0.15, -0.1) is 0 Å². The molecule has 0 atom stereocenters. The van der Waals surface area contributed by atoms with Crippen LogP contribution in [0.5, 0.6) is 0 Å². The topological polar surface area (TPSA) is 118 Å². The SMILES string of the molecule is Cc1cccc(NS(=O)(=O)c2ccc(C)c(C(=O)Nc3ccccc3C(N)=O)c2)c1. The zero-order valence-electron chi connectivity index (χ0n) is 16.5. The summed E-state index contributed by atoms with van der Waals surface area (Å²) >= 11 is 0. The fourth-order valence-corrected chi connectivity index (χ4v) is 4.01. The van der Waals surface area contributed by atoms with Crippen molar-refractivity contribution < 1.29 is 18.0 Å². The summed E-state index contributed by atoms with van der Waals surface area (Å²) < 4.78 is 28.1. The van der Waals surface area contributed by atoms with Crippen molar-refractivity contribution in [3.63, 3.8) is 0 Å². The van der Waals surface area contributed by atoms with E-state index < -0.39 is 21.8 Å². The lowest BCUT2D eigenvalue weighted by Crippen LogP contribution is -2.20. The van der Waals surface area contributed by atoms with Crippen LogP contribution in [-0.4, -0.2) is 20.2 Å². The summed E-state index contributed by atoms with van der Waals surface area (Å²) in [7, 11) is -3.90. The summed E-state index contributed by atoms with van der Waals surface area (Å²) in [5.74, 6) is -1.23. The summed E-state index contributed by atoms with van der Waals surface area (Å²) in [5.41, 5.74) is 7.84. The summed E-state index contributed by atoms with van der Waals surface area (Å²) in [6.45, 7) is 3.55. The third kappa shape index (κ3) is 4.66. The number of nitrogens with one attached hydrogen (secondary N) is 2. The number of anilines is 2. The summed E-state index contributed by atoms with van der Waals surface area (Å²) in [6, 6.07) is 17.6. The molecule has 0 bridgehead atoms. The number of hydrogen-bond donors (Lipinski definition) is 3.